The first-order valence-electron chi connectivity index (χ1n) is 8.06. The molecule has 1 aromatic carbocycles. The second kappa shape index (κ2) is 10.7. The Labute approximate surface area is 160 Å². The molecule has 0 bridgehead atoms. The van der Waals surface area contributed by atoms with Crippen LogP contribution in [0.5, 0.6) is 11.6 Å². The lowest BCUT2D eigenvalue weighted by molar-refractivity contribution is 0.295. The first kappa shape index (κ1) is 19.2. The van der Waals surface area contributed by atoms with E-state index in [4.69, 9.17) is 9.47 Å². The first-order chi connectivity index (χ1) is 11.7. The Morgan fingerprint density at radius 1 is 1.12 bits per heavy atom. The highest BCUT2D eigenvalue weighted by Crippen LogP contribution is 2.33. The predicted octanol–water partition coefficient (Wildman–Crippen LogP) is 4.95. The third-order valence-electron chi connectivity index (χ3n) is 3.24. The summed E-state index contributed by atoms with van der Waals surface area (Å²) in [6, 6.07) is 9.76. The molecule has 0 saturated carbocycles. The molecule has 2 aromatic rings. The van der Waals surface area contributed by atoms with E-state index in [-0.39, 0.29) is 0 Å². The van der Waals surface area contributed by atoms with Crippen molar-refractivity contribution in [1.29, 1.82) is 0 Å². The van der Waals surface area contributed by atoms with Crippen LogP contribution in [0, 0.1) is 0 Å². The van der Waals surface area contributed by atoms with Gasteiger partial charge in [0.2, 0.25) is 5.88 Å². The molecule has 130 valence electrons. The zero-order valence-corrected chi connectivity index (χ0v) is 16.9. The van der Waals surface area contributed by atoms with Crippen molar-refractivity contribution < 1.29 is 9.47 Å². The van der Waals surface area contributed by atoms with E-state index in [1.165, 1.54) is 0 Å². The summed E-state index contributed by atoms with van der Waals surface area (Å²) >= 11 is 7.11. The number of nitrogens with zero attached hydrogens (tertiary/aromatic N) is 1. The molecule has 1 aromatic heterocycles. The van der Waals surface area contributed by atoms with Gasteiger partial charge in [0.1, 0.15) is 5.75 Å². The van der Waals surface area contributed by atoms with Crippen LogP contribution in [0.3, 0.4) is 0 Å². The normalized spacial score (nSPS) is 10.6. The maximum Gasteiger partial charge on any atom is 0.213 e. The van der Waals surface area contributed by atoms with Gasteiger partial charge in [0.15, 0.2) is 0 Å². The highest BCUT2D eigenvalue weighted by Gasteiger charge is 2.10. The van der Waals surface area contributed by atoms with Crippen molar-refractivity contribution in [3.05, 3.63) is 51.0 Å². The smallest absolute Gasteiger partial charge is 0.213 e. The van der Waals surface area contributed by atoms with Crippen molar-refractivity contribution in [2.24, 2.45) is 0 Å². The predicted molar refractivity (Wildman–Crippen MR) is 104 cm³/mol. The number of ether oxygens (including phenoxy) is 2. The molecule has 24 heavy (non-hydrogen) atoms. The highest BCUT2D eigenvalue weighted by molar-refractivity contribution is 9.11. The Hall–Kier alpha value is -1.11. The van der Waals surface area contributed by atoms with Gasteiger partial charge < -0.3 is 14.8 Å². The Bertz CT molecular complexity index is 624. The maximum atomic E-state index is 5.87. The Kier molecular flexibility index (Phi) is 8.56. The Morgan fingerprint density at radius 2 is 2.00 bits per heavy atom. The minimum atomic E-state index is 0.644. The van der Waals surface area contributed by atoms with Crippen molar-refractivity contribution in [1.82, 2.24) is 10.3 Å². The minimum Gasteiger partial charge on any atom is -0.492 e. The molecule has 0 aliphatic carbocycles. The zero-order chi connectivity index (χ0) is 17.2. The van der Waals surface area contributed by atoms with Gasteiger partial charge in [-0.2, -0.15) is 0 Å². The average Bonchev–Trinajstić information content (AvgIpc) is 2.58. The lowest BCUT2D eigenvalue weighted by Gasteiger charge is -2.14. The van der Waals surface area contributed by atoms with Gasteiger partial charge in [0.05, 0.1) is 17.7 Å². The summed E-state index contributed by atoms with van der Waals surface area (Å²) in [6.07, 6.45) is 3.63. The van der Waals surface area contributed by atoms with Crippen molar-refractivity contribution in [3.8, 4) is 11.6 Å². The van der Waals surface area contributed by atoms with Gasteiger partial charge in [0, 0.05) is 28.8 Å². The van der Waals surface area contributed by atoms with E-state index in [1.807, 2.05) is 24.3 Å². The number of halogens is 2. The highest BCUT2D eigenvalue weighted by atomic mass is 79.9. The molecule has 0 aliphatic heterocycles. The molecule has 0 amide bonds. The average molecular weight is 458 g/mol. The van der Waals surface area contributed by atoms with Gasteiger partial charge in [-0.1, -0.05) is 28.9 Å². The van der Waals surface area contributed by atoms with Gasteiger partial charge in [-0.15, -0.1) is 0 Å². The van der Waals surface area contributed by atoms with Crippen LogP contribution < -0.4 is 14.8 Å². The van der Waals surface area contributed by atoms with Crippen molar-refractivity contribution >= 4 is 31.9 Å². The van der Waals surface area contributed by atoms with Crippen LogP contribution in [-0.2, 0) is 6.54 Å². The number of pyridine rings is 1. The van der Waals surface area contributed by atoms with E-state index in [0.29, 0.717) is 19.1 Å². The van der Waals surface area contributed by atoms with Gasteiger partial charge in [-0.3, -0.25) is 0 Å². The van der Waals surface area contributed by atoms with E-state index >= 15 is 0 Å². The van der Waals surface area contributed by atoms with Crippen LogP contribution in [0.2, 0.25) is 0 Å². The third kappa shape index (κ3) is 6.42. The van der Waals surface area contributed by atoms with Crippen LogP contribution in [-0.4, -0.2) is 24.7 Å². The van der Waals surface area contributed by atoms with Crippen molar-refractivity contribution in [2.45, 2.75) is 26.3 Å². The number of rotatable bonds is 10. The van der Waals surface area contributed by atoms with E-state index in [9.17, 15) is 0 Å². The summed E-state index contributed by atoms with van der Waals surface area (Å²) in [7, 11) is 0. The Morgan fingerprint density at radius 3 is 2.75 bits per heavy atom. The molecular formula is C18H22Br2N2O2. The van der Waals surface area contributed by atoms with Crippen molar-refractivity contribution in [2.75, 3.05) is 19.8 Å². The second-order valence-corrected chi connectivity index (χ2v) is 7.04. The van der Waals surface area contributed by atoms with Crippen LogP contribution in [0.15, 0.2) is 45.5 Å². The molecule has 4 nitrogen and oxygen atoms in total. The SMILES string of the molecule is CCCOc1c(Br)cc(Br)cc1CNCCCOc1ccccn1. The van der Waals surface area contributed by atoms with Crippen LogP contribution in [0.4, 0.5) is 0 Å². The molecule has 0 atom stereocenters. The molecule has 0 aliphatic rings. The second-order valence-electron chi connectivity index (χ2n) is 5.27. The number of hydrogen-bond acceptors (Lipinski definition) is 4. The van der Waals surface area contributed by atoms with Gasteiger partial charge in [-0.05, 0) is 53.5 Å². The molecule has 0 unspecified atom stereocenters. The first-order valence-corrected chi connectivity index (χ1v) is 9.64. The molecule has 1 N–H and O–H groups in total. The van der Waals surface area contributed by atoms with E-state index < -0.39 is 0 Å². The monoisotopic (exact) mass is 456 g/mol. The number of nitrogens with one attached hydrogen (secondary N) is 1. The number of benzene rings is 1. The fraction of sp³-hybridized carbons (Fsp3) is 0.389. The maximum absolute atomic E-state index is 5.87. The summed E-state index contributed by atoms with van der Waals surface area (Å²) in [6.45, 7) is 5.08. The third-order valence-corrected chi connectivity index (χ3v) is 4.28. The molecule has 0 fully saturated rings. The summed E-state index contributed by atoms with van der Waals surface area (Å²) in [4.78, 5) is 4.13. The molecule has 2 rings (SSSR count). The number of aromatic nitrogens is 1. The minimum absolute atomic E-state index is 0.644. The summed E-state index contributed by atoms with van der Waals surface area (Å²) in [5.41, 5.74) is 1.13. The quantitative estimate of drug-likeness (QED) is 0.512. The van der Waals surface area contributed by atoms with Crippen molar-refractivity contribution in [3.63, 3.8) is 0 Å². The van der Waals surface area contributed by atoms with Crippen LogP contribution >= 0.6 is 31.9 Å². The largest absolute Gasteiger partial charge is 0.492 e. The summed E-state index contributed by atoms with van der Waals surface area (Å²) in [5, 5.41) is 3.44. The Balaban J connectivity index is 1.77. The summed E-state index contributed by atoms with van der Waals surface area (Å²) in [5.74, 6) is 1.58. The number of hydrogen-bond donors (Lipinski definition) is 1. The van der Waals surface area contributed by atoms with E-state index in [2.05, 4.69) is 55.2 Å². The molecule has 0 saturated heterocycles. The molecule has 6 heteroatoms. The topological polar surface area (TPSA) is 43.4 Å². The standard InChI is InChI=1S/C18H22Br2N2O2/c1-2-9-24-18-14(11-15(19)12-16(18)20)13-21-7-5-10-23-17-6-3-4-8-22-17/h3-4,6,8,11-12,21H,2,5,7,9-10,13H2,1H3. The zero-order valence-electron chi connectivity index (χ0n) is 13.7. The lowest BCUT2D eigenvalue weighted by Crippen LogP contribution is -2.18. The fourth-order valence-corrected chi connectivity index (χ4v) is 3.57. The van der Waals surface area contributed by atoms with Crippen LogP contribution in [0.25, 0.3) is 0 Å². The van der Waals surface area contributed by atoms with Gasteiger partial charge in [-0.25, -0.2) is 4.98 Å². The fourth-order valence-electron chi connectivity index (χ4n) is 2.14. The molecule has 0 spiro atoms. The lowest BCUT2D eigenvalue weighted by atomic mass is 10.2. The van der Waals surface area contributed by atoms with Crippen LogP contribution in [0.1, 0.15) is 25.3 Å². The van der Waals surface area contributed by atoms with E-state index in [0.717, 1.165) is 46.2 Å². The molecule has 1 heterocycles. The van der Waals surface area contributed by atoms with Gasteiger partial charge in [0.25, 0.3) is 0 Å². The molecule has 0 radical (unpaired) electrons. The van der Waals surface area contributed by atoms with Gasteiger partial charge >= 0.3 is 0 Å². The molecular weight excluding hydrogens is 436 g/mol. The summed E-state index contributed by atoms with van der Waals surface area (Å²) < 4.78 is 13.5. The van der Waals surface area contributed by atoms with E-state index in [1.54, 1.807) is 6.20 Å².